The maximum absolute atomic E-state index is 5.86. The zero-order valence-corrected chi connectivity index (χ0v) is 9.43. The maximum Gasteiger partial charge on any atom is 0.0492 e. The smallest absolute Gasteiger partial charge is 0.0492 e. The van der Waals surface area contributed by atoms with Crippen molar-refractivity contribution in [3.8, 4) is 0 Å². The second kappa shape index (κ2) is 3.87. The van der Waals surface area contributed by atoms with Gasteiger partial charge in [0.1, 0.15) is 0 Å². The molecule has 2 nitrogen and oxygen atoms in total. The van der Waals surface area contributed by atoms with Gasteiger partial charge < -0.3 is 4.90 Å². The molecule has 1 aromatic heterocycles. The average molecular weight is 211 g/mol. The summed E-state index contributed by atoms with van der Waals surface area (Å²) in [7, 11) is 2.14. The number of alkyl halides is 1. The van der Waals surface area contributed by atoms with Gasteiger partial charge in [0.2, 0.25) is 0 Å². The molecule has 0 saturated heterocycles. The van der Waals surface area contributed by atoms with Crippen LogP contribution < -0.4 is 0 Å². The molecule has 1 aromatic rings. The van der Waals surface area contributed by atoms with E-state index in [0.29, 0.717) is 5.88 Å². The molecular formula is C11H15ClN2. The molecule has 0 fully saturated rings. The van der Waals surface area contributed by atoms with Crippen molar-refractivity contribution in [3.63, 3.8) is 0 Å². The van der Waals surface area contributed by atoms with E-state index in [1.54, 1.807) is 0 Å². The highest BCUT2D eigenvalue weighted by molar-refractivity contribution is 6.17. The molecular weight excluding hydrogens is 196 g/mol. The first-order chi connectivity index (χ1) is 6.70. The van der Waals surface area contributed by atoms with Gasteiger partial charge in [-0.2, -0.15) is 0 Å². The predicted molar refractivity (Wildman–Crippen MR) is 58.6 cm³/mol. The number of hydrogen-bond donors (Lipinski definition) is 0. The summed E-state index contributed by atoms with van der Waals surface area (Å²) in [5.41, 5.74) is 4.86. The lowest BCUT2D eigenvalue weighted by atomic mass is 10.0. The minimum Gasteiger partial charge on any atom is -0.302 e. The molecule has 14 heavy (non-hydrogen) atoms. The van der Waals surface area contributed by atoms with Gasteiger partial charge in [-0.25, -0.2) is 0 Å². The van der Waals surface area contributed by atoms with E-state index in [-0.39, 0.29) is 0 Å². The Morgan fingerprint density at radius 2 is 2.36 bits per heavy atom. The number of rotatable bonds is 1. The number of likely N-dealkylation sites (N-methyl/N-ethyl adjacent to an activating group) is 1. The summed E-state index contributed by atoms with van der Waals surface area (Å²) in [6.07, 6.45) is 1.06. The van der Waals surface area contributed by atoms with Crippen molar-refractivity contribution in [1.29, 1.82) is 0 Å². The molecule has 0 amide bonds. The Morgan fingerprint density at radius 3 is 3.07 bits per heavy atom. The van der Waals surface area contributed by atoms with Crippen LogP contribution in [0, 0.1) is 6.92 Å². The van der Waals surface area contributed by atoms with E-state index in [1.165, 1.54) is 16.8 Å². The first-order valence-corrected chi connectivity index (χ1v) is 5.47. The van der Waals surface area contributed by atoms with Crippen LogP contribution in [0.2, 0.25) is 0 Å². The summed E-state index contributed by atoms with van der Waals surface area (Å²) < 4.78 is 0. The highest BCUT2D eigenvalue weighted by Crippen LogP contribution is 2.20. The van der Waals surface area contributed by atoms with E-state index in [4.69, 9.17) is 11.6 Å². The van der Waals surface area contributed by atoms with Gasteiger partial charge in [-0.1, -0.05) is 0 Å². The highest BCUT2D eigenvalue weighted by Gasteiger charge is 2.15. The van der Waals surface area contributed by atoms with Crippen molar-refractivity contribution in [2.45, 2.75) is 25.8 Å². The number of pyridine rings is 1. The van der Waals surface area contributed by atoms with Crippen molar-refractivity contribution < 1.29 is 0 Å². The topological polar surface area (TPSA) is 16.1 Å². The summed E-state index contributed by atoms with van der Waals surface area (Å²) in [6.45, 7) is 4.16. The number of aryl methyl sites for hydroxylation is 1. The van der Waals surface area contributed by atoms with Crippen molar-refractivity contribution in [1.82, 2.24) is 9.88 Å². The first kappa shape index (κ1) is 9.94. The zero-order chi connectivity index (χ0) is 10.1. The molecule has 0 N–H and O–H groups in total. The van der Waals surface area contributed by atoms with Crippen LogP contribution in [-0.4, -0.2) is 23.5 Å². The van der Waals surface area contributed by atoms with Crippen LogP contribution in [0.5, 0.6) is 0 Å². The first-order valence-electron chi connectivity index (χ1n) is 4.93. The molecule has 2 rings (SSSR count). The van der Waals surface area contributed by atoms with Gasteiger partial charge in [-0.3, -0.25) is 4.98 Å². The van der Waals surface area contributed by atoms with Crippen LogP contribution >= 0.6 is 11.6 Å². The largest absolute Gasteiger partial charge is 0.302 e. The Labute approximate surface area is 89.9 Å². The Bertz CT molecular complexity index is 349. The minimum absolute atomic E-state index is 0.565. The lowest BCUT2D eigenvalue weighted by Crippen LogP contribution is -2.27. The molecule has 1 aliphatic heterocycles. The Hall–Kier alpha value is -0.600. The van der Waals surface area contributed by atoms with Crippen LogP contribution in [0.3, 0.4) is 0 Å². The fraction of sp³-hybridized carbons (Fsp3) is 0.545. The molecule has 0 aliphatic carbocycles. The lowest BCUT2D eigenvalue weighted by molar-refractivity contribution is 0.309. The molecule has 0 atom stereocenters. The van der Waals surface area contributed by atoms with Gasteiger partial charge >= 0.3 is 0 Å². The number of hydrogen-bond acceptors (Lipinski definition) is 2. The van der Waals surface area contributed by atoms with Crippen LogP contribution in [0.25, 0.3) is 0 Å². The maximum atomic E-state index is 5.86. The van der Waals surface area contributed by atoms with Crippen molar-refractivity contribution in [3.05, 3.63) is 28.6 Å². The third-order valence-corrected chi connectivity index (χ3v) is 3.09. The summed E-state index contributed by atoms with van der Waals surface area (Å²) in [5, 5.41) is 0. The number of halogens is 1. The molecule has 76 valence electrons. The normalized spacial score (nSPS) is 16.8. The minimum atomic E-state index is 0.565. The molecule has 0 saturated carbocycles. The van der Waals surface area contributed by atoms with E-state index < -0.39 is 0 Å². The zero-order valence-electron chi connectivity index (χ0n) is 8.68. The van der Waals surface area contributed by atoms with Crippen LogP contribution in [0.1, 0.15) is 22.5 Å². The molecule has 0 bridgehead atoms. The number of aromatic nitrogens is 1. The van der Waals surface area contributed by atoms with E-state index in [2.05, 4.69) is 23.0 Å². The summed E-state index contributed by atoms with van der Waals surface area (Å²) in [4.78, 5) is 6.92. The molecule has 0 unspecified atom stereocenters. The van der Waals surface area contributed by atoms with Crippen LogP contribution in [0.15, 0.2) is 6.07 Å². The Morgan fingerprint density at radius 1 is 1.57 bits per heavy atom. The SMILES string of the molecule is Cc1nc2c(cc1CCl)CN(C)CC2. The molecule has 0 spiro atoms. The Kier molecular flexibility index (Phi) is 2.75. The third kappa shape index (κ3) is 1.77. The van der Waals surface area contributed by atoms with Gasteiger partial charge in [0.15, 0.2) is 0 Å². The van der Waals surface area contributed by atoms with E-state index in [0.717, 1.165) is 25.2 Å². The standard InChI is InChI=1S/C11H15ClN2/c1-8-9(6-12)5-10-7-14(2)4-3-11(10)13-8/h5H,3-4,6-7H2,1-2H3. The highest BCUT2D eigenvalue weighted by atomic mass is 35.5. The Balaban J connectivity index is 2.41. The van der Waals surface area contributed by atoms with Crippen molar-refractivity contribution >= 4 is 11.6 Å². The van der Waals surface area contributed by atoms with Crippen molar-refractivity contribution in [2.24, 2.45) is 0 Å². The van der Waals surface area contributed by atoms with Gasteiger partial charge in [0, 0.05) is 36.8 Å². The lowest BCUT2D eigenvalue weighted by Gasteiger charge is -2.25. The molecule has 0 radical (unpaired) electrons. The van der Waals surface area contributed by atoms with Crippen LogP contribution in [-0.2, 0) is 18.8 Å². The van der Waals surface area contributed by atoms with Crippen LogP contribution in [0.4, 0.5) is 0 Å². The molecule has 3 heteroatoms. The summed E-state index contributed by atoms with van der Waals surface area (Å²) >= 11 is 5.86. The van der Waals surface area contributed by atoms with Gasteiger partial charge in [-0.05, 0) is 31.2 Å². The van der Waals surface area contributed by atoms with E-state index in [9.17, 15) is 0 Å². The predicted octanol–water partition coefficient (Wildman–Crippen LogP) is 2.12. The molecule has 0 aromatic carbocycles. The molecule has 2 heterocycles. The third-order valence-electron chi connectivity index (χ3n) is 2.80. The second-order valence-electron chi connectivity index (χ2n) is 3.96. The molecule has 1 aliphatic rings. The van der Waals surface area contributed by atoms with Gasteiger partial charge in [0.25, 0.3) is 0 Å². The monoisotopic (exact) mass is 210 g/mol. The van der Waals surface area contributed by atoms with Crippen molar-refractivity contribution in [2.75, 3.05) is 13.6 Å². The van der Waals surface area contributed by atoms with Gasteiger partial charge in [0.05, 0.1) is 0 Å². The van der Waals surface area contributed by atoms with E-state index in [1.807, 2.05) is 6.92 Å². The fourth-order valence-electron chi connectivity index (χ4n) is 1.90. The summed E-state index contributed by atoms with van der Waals surface area (Å²) in [5.74, 6) is 0.565. The van der Waals surface area contributed by atoms with Gasteiger partial charge in [-0.15, -0.1) is 11.6 Å². The fourth-order valence-corrected chi connectivity index (χ4v) is 2.17. The number of fused-ring (bicyclic) bond motifs is 1. The second-order valence-corrected chi connectivity index (χ2v) is 4.23. The average Bonchev–Trinajstić information content (AvgIpc) is 2.17. The quantitative estimate of drug-likeness (QED) is 0.661. The summed E-state index contributed by atoms with van der Waals surface area (Å²) in [6, 6.07) is 2.21. The number of nitrogens with zero attached hydrogens (tertiary/aromatic N) is 2. The van der Waals surface area contributed by atoms with E-state index >= 15 is 0 Å².